The van der Waals surface area contributed by atoms with Crippen molar-refractivity contribution >= 4 is 6.09 Å². The molecule has 0 saturated carbocycles. The molecule has 16 heavy (non-hydrogen) atoms. The lowest BCUT2D eigenvalue weighted by molar-refractivity contribution is 0.0260. The van der Waals surface area contributed by atoms with Crippen LogP contribution in [0.15, 0.2) is 11.1 Å². The molecule has 2 heterocycles. The van der Waals surface area contributed by atoms with Crippen molar-refractivity contribution in [3.05, 3.63) is 11.1 Å². The highest BCUT2D eigenvalue weighted by Gasteiger charge is 2.28. The minimum absolute atomic E-state index is 0.189. The van der Waals surface area contributed by atoms with E-state index in [2.05, 4.69) is 5.32 Å². The molecule has 2 rings (SSSR count). The van der Waals surface area contributed by atoms with Crippen molar-refractivity contribution in [2.75, 3.05) is 26.2 Å². The Morgan fingerprint density at radius 2 is 2.00 bits per heavy atom. The smallest absolute Gasteiger partial charge is 0.410 e. The van der Waals surface area contributed by atoms with Gasteiger partial charge in [-0.3, -0.25) is 0 Å². The van der Waals surface area contributed by atoms with Gasteiger partial charge in [-0.05, 0) is 32.8 Å². The topological polar surface area (TPSA) is 41.6 Å². The Morgan fingerprint density at radius 1 is 1.31 bits per heavy atom. The number of hydrogen-bond donors (Lipinski definition) is 1. The van der Waals surface area contributed by atoms with Gasteiger partial charge in [0.1, 0.15) is 5.60 Å². The van der Waals surface area contributed by atoms with Crippen molar-refractivity contribution in [1.82, 2.24) is 10.2 Å². The number of carbonyl (C=O) groups is 1. The van der Waals surface area contributed by atoms with Crippen LogP contribution in [0.25, 0.3) is 0 Å². The molecule has 0 aromatic carbocycles. The molecule has 2 aliphatic rings. The van der Waals surface area contributed by atoms with Gasteiger partial charge in [-0.2, -0.15) is 0 Å². The summed E-state index contributed by atoms with van der Waals surface area (Å²) in [6.45, 7) is 9.14. The van der Waals surface area contributed by atoms with Crippen LogP contribution >= 0.6 is 0 Å². The predicted molar refractivity (Wildman–Crippen MR) is 62.3 cm³/mol. The summed E-state index contributed by atoms with van der Waals surface area (Å²) in [6, 6.07) is 0. The third-order valence-electron chi connectivity index (χ3n) is 2.89. The Kier molecular flexibility index (Phi) is 2.93. The zero-order valence-corrected chi connectivity index (χ0v) is 10.3. The second-order valence-electron chi connectivity index (χ2n) is 5.46. The summed E-state index contributed by atoms with van der Waals surface area (Å²) in [5, 5.41) is 3.32. The average Bonchev–Trinajstić information content (AvgIpc) is 2.61. The Hall–Kier alpha value is -1.03. The van der Waals surface area contributed by atoms with Gasteiger partial charge in [-0.25, -0.2) is 4.79 Å². The first-order valence-electron chi connectivity index (χ1n) is 5.84. The Morgan fingerprint density at radius 3 is 2.69 bits per heavy atom. The van der Waals surface area contributed by atoms with E-state index in [1.165, 1.54) is 11.1 Å². The van der Waals surface area contributed by atoms with E-state index in [4.69, 9.17) is 4.74 Å². The molecule has 0 aromatic heterocycles. The number of carbonyl (C=O) groups excluding carboxylic acids is 1. The first-order valence-corrected chi connectivity index (χ1v) is 5.84. The SMILES string of the molecule is CC(C)(C)OC(=O)N1CCC2=C(CNC2)C1. The Bertz CT molecular complexity index is 328. The second-order valence-corrected chi connectivity index (χ2v) is 5.46. The molecule has 0 saturated heterocycles. The molecule has 4 nitrogen and oxygen atoms in total. The van der Waals surface area contributed by atoms with Crippen molar-refractivity contribution < 1.29 is 9.53 Å². The van der Waals surface area contributed by atoms with E-state index in [-0.39, 0.29) is 6.09 Å². The second kappa shape index (κ2) is 4.09. The van der Waals surface area contributed by atoms with E-state index in [1.807, 2.05) is 20.8 Å². The van der Waals surface area contributed by atoms with Crippen LogP contribution in [0, 0.1) is 0 Å². The fourth-order valence-corrected chi connectivity index (χ4v) is 2.11. The van der Waals surface area contributed by atoms with Crippen LogP contribution in [0.5, 0.6) is 0 Å². The highest BCUT2D eigenvalue weighted by Crippen LogP contribution is 2.22. The Labute approximate surface area is 96.6 Å². The normalized spacial score (nSPS) is 21.1. The summed E-state index contributed by atoms with van der Waals surface area (Å²) in [7, 11) is 0. The molecule has 0 atom stereocenters. The zero-order chi connectivity index (χ0) is 11.8. The quantitative estimate of drug-likeness (QED) is 0.634. The van der Waals surface area contributed by atoms with Gasteiger partial charge in [0.05, 0.1) is 0 Å². The summed E-state index contributed by atoms with van der Waals surface area (Å²) in [4.78, 5) is 13.7. The van der Waals surface area contributed by atoms with Crippen LogP contribution in [0.3, 0.4) is 0 Å². The maximum atomic E-state index is 11.9. The van der Waals surface area contributed by atoms with Gasteiger partial charge >= 0.3 is 6.09 Å². The first kappa shape index (κ1) is 11.5. The number of rotatable bonds is 0. The van der Waals surface area contributed by atoms with Crippen molar-refractivity contribution in [3.63, 3.8) is 0 Å². The van der Waals surface area contributed by atoms with E-state index < -0.39 is 5.60 Å². The lowest BCUT2D eigenvalue weighted by atomic mass is 10.0. The van der Waals surface area contributed by atoms with Crippen LogP contribution in [0.1, 0.15) is 27.2 Å². The molecule has 0 spiro atoms. The standard InChI is InChI=1S/C12H20N2O2/c1-12(2,3)16-11(15)14-5-4-9-6-13-7-10(9)8-14/h13H,4-8H2,1-3H3. The molecule has 1 amide bonds. The minimum atomic E-state index is -0.403. The van der Waals surface area contributed by atoms with Crippen LogP contribution in [0.4, 0.5) is 4.79 Å². The molecular formula is C12H20N2O2. The largest absolute Gasteiger partial charge is 0.444 e. The lowest BCUT2D eigenvalue weighted by Gasteiger charge is -2.30. The molecule has 0 aliphatic carbocycles. The summed E-state index contributed by atoms with van der Waals surface area (Å²) in [5.74, 6) is 0. The molecular weight excluding hydrogens is 204 g/mol. The number of ether oxygens (including phenoxy) is 1. The molecule has 0 bridgehead atoms. The van der Waals surface area contributed by atoms with Gasteiger partial charge in [0.25, 0.3) is 0 Å². The van der Waals surface area contributed by atoms with Gasteiger partial charge in [-0.1, -0.05) is 5.57 Å². The van der Waals surface area contributed by atoms with Crippen LogP contribution < -0.4 is 5.32 Å². The first-order chi connectivity index (χ1) is 7.46. The van der Waals surface area contributed by atoms with E-state index in [1.54, 1.807) is 4.90 Å². The monoisotopic (exact) mass is 224 g/mol. The van der Waals surface area contributed by atoms with Gasteiger partial charge in [0.2, 0.25) is 0 Å². The van der Waals surface area contributed by atoms with Gasteiger partial charge in [0, 0.05) is 26.2 Å². The van der Waals surface area contributed by atoms with Gasteiger partial charge in [-0.15, -0.1) is 0 Å². The fraction of sp³-hybridized carbons (Fsp3) is 0.750. The minimum Gasteiger partial charge on any atom is -0.444 e. The zero-order valence-electron chi connectivity index (χ0n) is 10.3. The molecule has 0 aromatic rings. The molecule has 4 heteroatoms. The number of nitrogens with one attached hydrogen (secondary N) is 1. The van der Waals surface area contributed by atoms with Crippen LogP contribution in [-0.4, -0.2) is 42.8 Å². The van der Waals surface area contributed by atoms with E-state index >= 15 is 0 Å². The molecule has 90 valence electrons. The summed E-state index contributed by atoms with van der Waals surface area (Å²) in [6.07, 6.45) is 0.799. The van der Waals surface area contributed by atoms with E-state index in [0.717, 1.165) is 32.6 Å². The highest BCUT2D eigenvalue weighted by atomic mass is 16.6. The van der Waals surface area contributed by atoms with Gasteiger partial charge < -0.3 is 15.0 Å². The van der Waals surface area contributed by atoms with Crippen LogP contribution in [0.2, 0.25) is 0 Å². The third kappa shape index (κ3) is 2.55. The maximum absolute atomic E-state index is 11.9. The van der Waals surface area contributed by atoms with Crippen molar-refractivity contribution in [3.8, 4) is 0 Å². The van der Waals surface area contributed by atoms with E-state index in [0.29, 0.717) is 0 Å². The molecule has 0 unspecified atom stereocenters. The number of amides is 1. The summed E-state index contributed by atoms with van der Waals surface area (Å²) >= 11 is 0. The Balaban J connectivity index is 1.95. The molecule has 1 N–H and O–H groups in total. The predicted octanol–water partition coefficient (Wildman–Crippen LogP) is 1.53. The summed E-state index contributed by atoms with van der Waals surface area (Å²) < 4.78 is 5.37. The lowest BCUT2D eigenvalue weighted by Crippen LogP contribution is -2.40. The fourth-order valence-electron chi connectivity index (χ4n) is 2.11. The van der Waals surface area contributed by atoms with Crippen molar-refractivity contribution in [1.29, 1.82) is 0 Å². The highest BCUT2D eigenvalue weighted by molar-refractivity contribution is 5.69. The van der Waals surface area contributed by atoms with E-state index in [9.17, 15) is 4.79 Å². The number of nitrogens with zero attached hydrogens (tertiary/aromatic N) is 1. The molecule has 0 radical (unpaired) electrons. The van der Waals surface area contributed by atoms with Gasteiger partial charge in [0.15, 0.2) is 0 Å². The molecule has 2 aliphatic heterocycles. The van der Waals surface area contributed by atoms with Crippen molar-refractivity contribution in [2.45, 2.75) is 32.8 Å². The third-order valence-corrected chi connectivity index (χ3v) is 2.89. The summed E-state index contributed by atoms with van der Waals surface area (Å²) in [5.41, 5.74) is 2.46. The maximum Gasteiger partial charge on any atom is 0.410 e. The van der Waals surface area contributed by atoms with Crippen molar-refractivity contribution in [2.24, 2.45) is 0 Å². The van der Waals surface area contributed by atoms with Crippen LogP contribution in [-0.2, 0) is 4.74 Å². The average molecular weight is 224 g/mol. The molecule has 0 fully saturated rings. The number of hydrogen-bond acceptors (Lipinski definition) is 3.